The van der Waals surface area contributed by atoms with E-state index in [0.717, 1.165) is 30.5 Å². The maximum absolute atomic E-state index is 12.2. The Hall–Kier alpha value is -2.89. The first-order chi connectivity index (χ1) is 12.0. The van der Waals surface area contributed by atoms with Gasteiger partial charge in [-0.25, -0.2) is 0 Å². The van der Waals surface area contributed by atoms with Crippen molar-refractivity contribution in [1.82, 2.24) is 0 Å². The molecule has 6 heteroatoms. The van der Waals surface area contributed by atoms with Crippen molar-refractivity contribution in [3.63, 3.8) is 0 Å². The van der Waals surface area contributed by atoms with E-state index in [-0.39, 0.29) is 23.8 Å². The molecule has 3 rings (SSSR count). The van der Waals surface area contributed by atoms with Crippen molar-refractivity contribution in [2.75, 3.05) is 17.2 Å². The van der Waals surface area contributed by atoms with Gasteiger partial charge in [-0.3, -0.25) is 14.9 Å². The first-order valence-electron chi connectivity index (χ1n) is 8.44. The van der Waals surface area contributed by atoms with Crippen molar-refractivity contribution >= 4 is 23.0 Å². The number of hydrogen-bond acceptors (Lipinski definition) is 4. The van der Waals surface area contributed by atoms with Crippen LogP contribution in [0.4, 0.5) is 17.1 Å². The molecular formula is C19H21N3O3. The molecule has 130 valence electrons. The van der Waals surface area contributed by atoms with Crippen LogP contribution in [0.1, 0.15) is 29.5 Å². The van der Waals surface area contributed by atoms with E-state index in [4.69, 9.17) is 0 Å². The number of nitro groups is 1. The average Bonchev–Trinajstić information content (AvgIpc) is 2.61. The number of nitro benzene ring substituents is 1. The molecule has 25 heavy (non-hydrogen) atoms. The number of carbonyl (C=O) groups is 1. The van der Waals surface area contributed by atoms with Gasteiger partial charge in [-0.1, -0.05) is 18.2 Å². The van der Waals surface area contributed by atoms with Gasteiger partial charge >= 0.3 is 0 Å². The third-order valence-corrected chi connectivity index (χ3v) is 4.46. The Morgan fingerprint density at radius 3 is 2.76 bits per heavy atom. The highest BCUT2D eigenvalue weighted by atomic mass is 16.6. The Balaban J connectivity index is 1.67. The second kappa shape index (κ2) is 7.34. The quantitative estimate of drug-likeness (QED) is 0.640. The lowest BCUT2D eigenvalue weighted by molar-refractivity contribution is -0.384. The maximum atomic E-state index is 12.2. The van der Waals surface area contributed by atoms with Crippen LogP contribution in [0, 0.1) is 17.0 Å². The number of rotatable bonds is 5. The van der Waals surface area contributed by atoms with E-state index in [9.17, 15) is 14.9 Å². The van der Waals surface area contributed by atoms with Crippen LogP contribution in [0.2, 0.25) is 0 Å². The molecule has 0 bridgehead atoms. The second-order valence-corrected chi connectivity index (χ2v) is 6.33. The minimum atomic E-state index is -0.483. The Morgan fingerprint density at radius 1 is 1.16 bits per heavy atom. The lowest BCUT2D eigenvalue weighted by Gasteiger charge is -2.20. The number of carbonyl (C=O) groups excluding carboxylic acids is 1. The summed E-state index contributed by atoms with van der Waals surface area (Å²) in [5.41, 5.74) is 4.50. The Labute approximate surface area is 146 Å². The monoisotopic (exact) mass is 339 g/mol. The van der Waals surface area contributed by atoms with Crippen molar-refractivity contribution in [1.29, 1.82) is 0 Å². The van der Waals surface area contributed by atoms with E-state index in [1.165, 1.54) is 23.6 Å². The van der Waals surface area contributed by atoms with Gasteiger partial charge in [0, 0.05) is 11.8 Å². The van der Waals surface area contributed by atoms with Crippen LogP contribution in [0.5, 0.6) is 0 Å². The van der Waals surface area contributed by atoms with E-state index >= 15 is 0 Å². The molecule has 0 heterocycles. The minimum absolute atomic E-state index is 0.0709. The molecule has 6 nitrogen and oxygen atoms in total. The molecule has 1 aliphatic rings. The van der Waals surface area contributed by atoms with Crippen LogP contribution in [0.25, 0.3) is 0 Å². The summed E-state index contributed by atoms with van der Waals surface area (Å²) in [6, 6.07) is 10.9. The zero-order chi connectivity index (χ0) is 17.8. The second-order valence-electron chi connectivity index (χ2n) is 6.33. The zero-order valence-corrected chi connectivity index (χ0v) is 14.2. The molecule has 0 atom stereocenters. The summed E-state index contributed by atoms with van der Waals surface area (Å²) in [7, 11) is 0. The van der Waals surface area contributed by atoms with Gasteiger partial charge in [0.15, 0.2) is 0 Å². The fraction of sp³-hybridized carbons (Fsp3) is 0.316. The van der Waals surface area contributed by atoms with Crippen molar-refractivity contribution in [2.45, 2.75) is 32.6 Å². The number of nitrogens with one attached hydrogen (secondary N) is 2. The van der Waals surface area contributed by atoms with E-state index in [0.29, 0.717) is 0 Å². The highest BCUT2D eigenvalue weighted by Crippen LogP contribution is 2.28. The fourth-order valence-corrected chi connectivity index (χ4v) is 3.22. The van der Waals surface area contributed by atoms with Crippen LogP contribution < -0.4 is 10.6 Å². The molecule has 0 unspecified atom stereocenters. The standard InChI is InChI=1S/C19H21N3O3/c1-13-9-10-17(18(11-13)22(24)25)21-19(23)12-20-16-8-4-6-14-5-2-3-7-15(14)16/h4,6,8-11,20H,2-3,5,7,12H2,1H3,(H,21,23). The molecule has 0 aliphatic heterocycles. The van der Waals surface area contributed by atoms with Gasteiger partial charge in [0.05, 0.1) is 11.5 Å². The first-order valence-corrected chi connectivity index (χ1v) is 8.44. The van der Waals surface area contributed by atoms with Crippen LogP contribution >= 0.6 is 0 Å². The smallest absolute Gasteiger partial charge is 0.293 e. The van der Waals surface area contributed by atoms with Gasteiger partial charge < -0.3 is 10.6 Å². The molecule has 0 saturated carbocycles. The zero-order valence-electron chi connectivity index (χ0n) is 14.2. The molecule has 1 aliphatic carbocycles. The van der Waals surface area contributed by atoms with Gasteiger partial charge in [0.2, 0.25) is 5.91 Å². The minimum Gasteiger partial charge on any atom is -0.376 e. The summed E-state index contributed by atoms with van der Waals surface area (Å²) in [5, 5.41) is 16.9. The first kappa shape index (κ1) is 17.0. The Bertz CT molecular complexity index is 818. The van der Waals surface area contributed by atoms with Crippen LogP contribution in [-0.2, 0) is 17.6 Å². The SMILES string of the molecule is Cc1ccc(NC(=O)CNc2cccc3c2CCCC3)c([N+](=O)[O-])c1. The number of fused-ring (bicyclic) bond motifs is 1. The average molecular weight is 339 g/mol. The van der Waals surface area contributed by atoms with E-state index in [2.05, 4.69) is 16.7 Å². The van der Waals surface area contributed by atoms with Crippen molar-refractivity contribution in [3.05, 3.63) is 63.2 Å². The van der Waals surface area contributed by atoms with Gasteiger partial charge in [-0.2, -0.15) is 0 Å². The Kier molecular flexibility index (Phi) is 4.97. The summed E-state index contributed by atoms with van der Waals surface area (Å²) in [6.45, 7) is 1.85. The molecule has 0 spiro atoms. The number of benzene rings is 2. The topological polar surface area (TPSA) is 84.3 Å². The van der Waals surface area contributed by atoms with E-state index in [1.807, 2.05) is 12.1 Å². The summed E-state index contributed by atoms with van der Waals surface area (Å²) >= 11 is 0. The molecule has 0 saturated heterocycles. The number of aryl methyl sites for hydroxylation is 2. The lowest BCUT2D eigenvalue weighted by Crippen LogP contribution is -2.23. The molecule has 2 aromatic carbocycles. The van der Waals surface area contributed by atoms with Crippen molar-refractivity contribution in [2.24, 2.45) is 0 Å². The summed E-state index contributed by atoms with van der Waals surface area (Å²) in [6.07, 6.45) is 4.46. The van der Waals surface area contributed by atoms with Gasteiger partial charge in [-0.05, 0) is 61.4 Å². The Morgan fingerprint density at radius 2 is 1.96 bits per heavy atom. The fourth-order valence-electron chi connectivity index (χ4n) is 3.22. The number of nitrogens with zero attached hydrogens (tertiary/aromatic N) is 1. The third-order valence-electron chi connectivity index (χ3n) is 4.46. The van der Waals surface area contributed by atoms with Gasteiger partial charge in [-0.15, -0.1) is 0 Å². The van der Waals surface area contributed by atoms with E-state index < -0.39 is 4.92 Å². The molecule has 1 amide bonds. The molecule has 0 fully saturated rings. The van der Waals surface area contributed by atoms with Crippen LogP contribution in [0.15, 0.2) is 36.4 Å². The van der Waals surface area contributed by atoms with Crippen molar-refractivity contribution < 1.29 is 9.72 Å². The number of amides is 1. The number of hydrogen-bond donors (Lipinski definition) is 2. The van der Waals surface area contributed by atoms with Crippen molar-refractivity contribution in [3.8, 4) is 0 Å². The lowest BCUT2D eigenvalue weighted by atomic mass is 9.90. The van der Waals surface area contributed by atoms with Crippen LogP contribution in [-0.4, -0.2) is 17.4 Å². The molecular weight excluding hydrogens is 318 g/mol. The summed E-state index contributed by atoms with van der Waals surface area (Å²) in [4.78, 5) is 22.9. The van der Waals surface area contributed by atoms with Gasteiger partial charge in [0.1, 0.15) is 5.69 Å². The van der Waals surface area contributed by atoms with Crippen LogP contribution in [0.3, 0.4) is 0 Å². The summed E-state index contributed by atoms with van der Waals surface area (Å²) < 4.78 is 0. The predicted molar refractivity (Wildman–Crippen MR) is 98.0 cm³/mol. The highest BCUT2D eigenvalue weighted by Gasteiger charge is 2.17. The van der Waals surface area contributed by atoms with Gasteiger partial charge in [0.25, 0.3) is 5.69 Å². The molecule has 2 N–H and O–H groups in total. The molecule has 0 aromatic heterocycles. The number of anilines is 2. The third kappa shape index (κ3) is 3.96. The molecule has 0 radical (unpaired) electrons. The molecule has 2 aromatic rings. The normalized spacial score (nSPS) is 13.0. The summed E-state index contributed by atoms with van der Waals surface area (Å²) in [5.74, 6) is -0.305. The largest absolute Gasteiger partial charge is 0.376 e. The predicted octanol–water partition coefficient (Wildman–Crippen LogP) is 3.83. The van der Waals surface area contributed by atoms with E-state index in [1.54, 1.807) is 19.1 Å². The highest BCUT2D eigenvalue weighted by molar-refractivity contribution is 5.95. The maximum Gasteiger partial charge on any atom is 0.293 e.